The average molecular weight is 397 g/mol. The highest BCUT2D eigenvalue weighted by molar-refractivity contribution is 6.42. The van der Waals surface area contributed by atoms with Gasteiger partial charge in [0, 0.05) is 32.5 Å². The van der Waals surface area contributed by atoms with Crippen molar-refractivity contribution < 1.29 is 9.53 Å². The molecule has 26 heavy (non-hydrogen) atoms. The molecule has 0 unspecified atom stereocenters. The van der Waals surface area contributed by atoms with Crippen LogP contribution in [0.5, 0.6) is 5.75 Å². The third-order valence-corrected chi connectivity index (χ3v) is 5.47. The first-order valence-corrected chi connectivity index (χ1v) is 9.50. The first-order chi connectivity index (χ1) is 12.6. The average Bonchev–Trinajstić information content (AvgIpc) is 3.08. The van der Waals surface area contributed by atoms with Gasteiger partial charge in [0.15, 0.2) is 0 Å². The van der Waals surface area contributed by atoms with Crippen LogP contribution in [0.1, 0.15) is 37.4 Å². The van der Waals surface area contributed by atoms with Gasteiger partial charge in [0.1, 0.15) is 22.9 Å². The number of carbonyl (C=O) groups is 1. The smallest absolute Gasteiger partial charge is 0.222 e. The Balaban J connectivity index is 1.39. The van der Waals surface area contributed by atoms with E-state index in [1.807, 2.05) is 16.5 Å². The van der Waals surface area contributed by atoms with Crippen molar-refractivity contribution in [1.29, 1.82) is 0 Å². The zero-order chi connectivity index (χ0) is 18.5. The van der Waals surface area contributed by atoms with Gasteiger partial charge in [-0.15, -0.1) is 10.2 Å². The van der Waals surface area contributed by atoms with Crippen LogP contribution in [-0.2, 0) is 11.8 Å². The van der Waals surface area contributed by atoms with Crippen LogP contribution >= 0.6 is 23.2 Å². The van der Waals surface area contributed by atoms with Gasteiger partial charge in [0.05, 0.1) is 11.6 Å². The molecule has 3 rings (SSSR count). The molecule has 6 nitrogen and oxygen atoms in total. The molecular formula is C18H22Cl2N4O2. The van der Waals surface area contributed by atoms with Gasteiger partial charge in [-0.05, 0) is 31.4 Å². The van der Waals surface area contributed by atoms with E-state index in [4.69, 9.17) is 27.9 Å². The topological polar surface area (TPSA) is 60.2 Å². The number of hydrogen-bond acceptors (Lipinski definition) is 4. The summed E-state index contributed by atoms with van der Waals surface area (Å²) in [6.07, 6.45) is 4.68. The summed E-state index contributed by atoms with van der Waals surface area (Å²) in [4.78, 5) is 14.3. The Morgan fingerprint density at radius 3 is 2.77 bits per heavy atom. The predicted octanol–water partition coefficient (Wildman–Crippen LogP) is 3.69. The minimum Gasteiger partial charge on any atom is -0.492 e. The maximum atomic E-state index is 12.4. The van der Waals surface area contributed by atoms with Gasteiger partial charge < -0.3 is 14.2 Å². The van der Waals surface area contributed by atoms with E-state index in [-0.39, 0.29) is 5.91 Å². The highest BCUT2D eigenvalue weighted by Gasteiger charge is 2.26. The van der Waals surface area contributed by atoms with Crippen LogP contribution in [0.15, 0.2) is 24.5 Å². The summed E-state index contributed by atoms with van der Waals surface area (Å²) in [5.74, 6) is 2.10. The zero-order valence-electron chi connectivity index (χ0n) is 14.7. The fraction of sp³-hybridized carbons (Fsp3) is 0.500. The predicted molar refractivity (Wildman–Crippen MR) is 101 cm³/mol. The van der Waals surface area contributed by atoms with Crippen molar-refractivity contribution in [3.63, 3.8) is 0 Å². The number of rotatable bonds is 6. The zero-order valence-corrected chi connectivity index (χ0v) is 16.2. The maximum absolute atomic E-state index is 12.4. The Bertz CT molecular complexity index is 757. The van der Waals surface area contributed by atoms with E-state index in [1.165, 1.54) is 0 Å². The summed E-state index contributed by atoms with van der Waals surface area (Å²) in [6.45, 7) is 1.95. The van der Waals surface area contributed by atoms with Crippen molar-refractivity contribution in [2.75, 3.05) is 19.7 Å². The number of halogens is 2. The third-order valence-electron chi connectivity index (χ3n) is 4.67. The molecular weight excluding hydrogens is 375 g/mol. The molecule has 0 N–H and O–H groups in total. The lowest BCUT2D eigenvalue weighted by atomic mass is 9.95. The number of aryl methyl sites for hydroxylation is 1. The summed E-state index contributed by atoms with van der Waals surface area (Å²) in [6, 6.07) is 5.27. The maximum Gasteiger partial charge on any atom is 0.222 e. The lowest BCUT2D eigenvalue weighted by molar-refractivity contribution is -0.132. The summed E-state index contributed by atoms with van der Waals surface area (Å²) in [7, 11) is 1.96. The number of ether oxygens (including phenoxy) is 1. The molecule has 0 saturated carbocycles. The van der Waals surface area contributed by atoms with Crippen molar-refractivity contribution in [1.82, 2.24) is 19.7 Å². The second-order valence-electron chi connectivity index (χ2n) is 6.46. The number of piperidine rings is 1. The molecule has 140 valence electrons. The normalized spacial score (nSPS) is 15.3. The number of likely N-dealkylation sites (tertiary alicyclic amines) is 1. The van der Waals surface area contributed by atoms with Crippen molar-refractivity contribution in [3.05, 3.63) is 40.4 Å². The Morgan fingerprint density at radius 1 is 1.31 bits per heavy atom. The molecule has 1 aliphatic rings. The monoisotopic (exact) mass is 396 g/mol. The van der Waals surface area contributed by atoms with E-state index in [0.29, 0.717) is 41.2 Å². The van der Waals surface area contributed by atoms with Crippen LogP contribution in [0.4, 0.5) is 0 Å². The molecule has 1 fully saturated rings. The largest absolute Gasteiger partial charge is 0.492 e. The third kappa shape index (κ3) is 4.48. The van der Waals surface area contributed by atoms with Crippen molar-refractivity contribution in [2.24, 2.45) is 7.05 Å². The van der Waals surface area contributed by atoms with E-state index >= 15 is 0 Å². The van der Waals surface area contributed by atoms with Crippen LogP contribution in [0.3, 0.4) is 0 Å². The molecule has 1 aromatic carbocycles. The van der Waals surface area contributed by atoms with Gasteiger partial charge in [-0.1, -0.05) is 29.3 Å². The van der Waals surface area contributed by atoms with Crippen LogP contribution in [0, 0.1) is 0 Å². The van der Waals surface area contributed by atoms with Gasteiger partial charge in [-0.3, -0.25) is 4.79 Å². The van der Waals surface area contributed by atoms with Crippen LogP contribution < -0.4 is 4.74 Å². The molecule has 2 heterocycles. The number of amides is 1. The number of aromatic nitrogens is 3. The van der Waals surface area contributed by atoms with Gasteiger partial charge in [0.2, 0.25) is 5.91 Å². The second-order valence-corrected chi connectivity index (χ2v) is 7.24. The summed E-state index contributed by atoms with van der Waals surface area (Å²) in [5.41, 5.74) is 0. The molecule has 1 amide bonds. The SMILES string of the molecule is Cn1cnnc1C1CCN(C(=O)CCCOc2cccc(Cl)c2Cl)CC1. The van der Waals surface area contributed by atoms with Crippen molar-refractivity contribution in [2.45, 2.75) is 31.6 Å². The minimum atomic E-state index is 0.169. The summed E-state index contributed by atoms with van der Waals surface area (Å²) in [5, 5.41) is 9.00. The number of carbonyl (C=O) groups excluding carboxylic acids is 1. The lowest BCUT2D eigenvalue weighted by Crippen LogP contribution is -2.38. The van der Waals surface area contributed by atoms with Gasteiger partial charge >= 0.3 is 0 Å². The highest BCUT2D eigenvalue weighted by atomic mass is 35.5. The Labute approximate surface area is 163 Å². The van der Waals surface area contributed by atoms with Crippen LogP contribution in [0.2, 0.25) is 10.0 Å². The number of nitrogens with zero attached hydrogens (tertiary/aromatic N) is 4. The lowest BCUT2D eigenvalue weighted by Gasteiger charge is -2.31. The number of benzene rings is 1. The molecule has 2 aromatic rings. The summed E-state index contributed by atoms with van der Waals surface area (Å²) < 4.78 is 7.59. The van der Waals surface area contributed by atoms with Crippen molar-refractivity contribution in [3.8, 4) is 5.75 Å². The quantitative estimate of drug-likeness (QED) is 0.698. The van der Waals surface area contributed by atoms with Gasteiger partial charge in [0.25, 0.3) is 0 Å². The molecule has 0 atom stereocenters. The molecule has 0 radical (unpaired) electrons. The minimum absolute atomic E-state index is 0.169. The van der Waals surface area contributed by atoms with E-state index in [2.05, 4.69) is 10.2 Å². The van der Waals surface area contributed by atoms with Gasteiger partial charge in [-0.2, -0.15) is 0 Å². The molecule has 1 saturated heterocycles. The van der Waals surface area contributed by atoms with E-state index in [1.54, 1.807) is 24.5 Å². The first kappa shape index (κ1) is 19.0. The molecule has 0 spiro atoms. The van der Waals surface area contributed by atoms with E-state index < -0.39 is 0 Å². The molecule has 1 aliphatic heterocycles. The standard InChI is InChI=1S/C18H22Cl2N4O2/c1-23-12-21-22-18(23)13-7-9-24(10-8-13)16(25)6-3-11-26-15-5-2-4-14(19)17(15)20/h2,4-5,12-13H,3,6-11H2,1H3. The molecule has 0 bridgehead atoms. The molecule has 8 heteroatoms. The molecule has 0 aliphatic carbocycles. The first-order valence-electron chi connectivity index (χ1n) is 8.74. The van der Waals surface area contributed by atoms with E-state index in [0.717, 1.165) is 31.8 Å². The second kappa shape index (κ2) is 8.73. The van der Waals surface area contributed by atoms with E-state index in [9.17, 15) is 4.79 Å². The molecule has 1 aromatic heterocycles. The van der Waals surface area contributed by atoms with Gasteiger partial charge in [-0.25, -0.2) is 0 Å². The Kier molecular flexibility index (Phi) is 6.38. The fourth-order valence-electron chi connectivity index (χ4n) is 3.21. The Morgan fingerprint density at radius 2 is 2.08 bits per heavy atom. The fourth-order valence-corrected chi connectivity index (χ4v) is 3.55. The van der Waals surface area contributed by atoms with Crippen molar-refractivity contribution >= 4 is 29.1 Å². The highest BCUT2D eigenvalue weighted by Crippen LogP contribution is 2.31. The van der Waals surface area contributed by atoms with Crippen LogP contribution in [0.25, 0.3) is 0 Å². The van der Waals surface area contributed by atoms with Crippen LogP contribution in [-0.4, -0.2) is 45.3 Å². The Hall–Kier alpha value is -1.79. The number of hydrogen-bond donors (Lipinski definition) is 0. The summed E-state index contributed by atoms with van der Waals surface area (Å²) >= 11 is 12.0.